The normalized spacial score (nSPS) is 15.9. The Hall–Kier alpha value is -2.81. The van der Waals surface area contributed by atoms with Crippen molar-refractivity contribution in [2.75, 3.05) is 6.79 Å². The summed E-state index contributed by atoms with van der Waals surface area (Å²) in [6.07, 6.45) is 1.49. The fourth-order valence-electron chi connectivity index (χ4n) is 4.58. The lowest BCUT2D eigenvalue weighted by atomic mass is 9.94. The zero-order chi connectivity index (χ0) is 24.0. The highest BCUT2D eigenvalue weighted by Crippen LogP contribution is 2.38. The fourth-order valence-corrected chi connectivity index (χ4v) is 6.69. The molecular formula is C27H26N2O4S2. The van der Waals surface area contributed by atoms with Crippen molar-refractivity contribution in [3.05, 3.63) is 80.5 Å². The van der Waals surface area contributed by atoms with Crippen molar-refractivity contribution in [2.45, 2.75) is 56.4 Å². The van der Waals surface area contributed by atoms with E-state index in [1.54, 1.807) is 23.1 Å². The molecule has 2 aliphatic rings. The first kappa shape index (κ1) is 22.6. The van der Waals surface area contributed by atoms with Gasteiger partial charge < -0.3 is 14.2 Å². The molecule has 4 aromatic rings. The number of nitrogens with zero attached hydrogens (tertiary/aromatic N) is 2. The van der Waals surface area contributed by atoms with Crippen LogP contribution in [0.1, 0.15) is 35.4 Å². The number of thioether (sulfide) groups is 1. The number of aromatic nitrogens is 2. The summed E-state index contributed by atoms with van der Waals surface area (Å²) in [7, 11) is 0. The van der Waals surface area contributed by atoms with Crippen molar-refractivity contribution >= 4 is 33.3 Å². The van der Waals surface area contributed by atoms with Crippen molar-refractivity contribution in [1.29, 1.82) is 0 Å². The van der Waals surface area contributed by atoms with Crippen molar-refractivity contribution in [3.63, 3.8) is 0 Å². The molecule has 6 rings (SSSR count). The van der Waals surface area contributed by atoms with Gasteiger partial charge in [-0.1, -0.05) is 48.2 Å². The van der Waals surface area contributed by atoms with Gasteiger partial charge >= 0.3 is 0 Å². The van der Waals surface area contributed by atoms with E-state index < -0.39 is 0 Å². The largest absolute Gasteiger partial charge is 0.454 e. The van der Waals surface area contributed by atoms with Crippen LogP contribution >= 0.6 is 23.1 Å². The Morgan fingerprint density at radius 1 is 1.09 bits per heavy atom. The van der Waals surface area contributed by atoms with E-state index in [-0.39, 0.29) is 18.0 Å². The first-order valence-corrected chi connectivity index (χ1v) is 13.5. The van der Waals surface area contributed by atoms with Gasteiger partial charge in [-0.3, -0.25) is 9.36 Å². The smallest absolute Gasteiger partial charge is 0.263 e. The van der Waals surface area contributed by atoms with Crippen molar-refractivity contribution < 1.29 is 14.2 Å². The predicted molar refractivity (Wildman–Crippen MR) is 139 cm³/mol. The molecule has 0 fully saturated rings. The van der Waals surface area contributed by atoms with E-state index >= 15 is 0 Å². The van der Waals surface area contributed by atoms with Crippen molar-refractivity contribution in [1.82, 2.24) is 9.55 Å². The molecule has 6 nitrogen and oxygen atoms in total. The summed E-state index contributed by atoms with van der Waals surface area (Å²) in [6.45, 7) is 5.53. The number of aryl methyl sites for hydroxylation is 1. The van der Waals surface area contributed by atoms with E-state index in [4.69, 9.17) is 19.2 Å². The Morgan fingerprint density at radius 2 is 1.91 bits per heavy atom. The van der Waals surface area contributed by atoms with Crippen LogP contribution in [0.15, 0.2) is 58.5 Å². The molecule has 2 aromatic carbocycles. The van der Waals surface area contributed by atoms with Gasteiger partial charge in [0.05, 0.1) is 17.6 Å². The Labute approximate surface area is 211 Å². The highest BCUT2D eigenvalue weighted by molar-refractivity contribution is 7.98. The summed E-state index contributed by atoms with van der Waals surface area (Å²) < 4.78 is 18.8. The highest BCUT2D eigenvalue weighted by Gasteiger charge is 2.31. The van der Waals surface area contributed by atoms with Crippen LogP contribution in [-0.4, -0.2) is 21.9 Å². The van der Waals surface area contributed by atoms with Gasteiger partial charge in [-0.05, 0) is 49.1 Å². The molecule has 0 saturated heterocycles. The lowest BCUT2D eigenvalue weighted by Crippen LogP contribution is -2.32. The first-order valence-electron chi connectivity index (χ1n) is 11.7. The third-order valence-electron chi connectivity index (χ3n) is 6.43. The molecule has 0 spiro atoms. The molecule has 180 valence electrons. The second-order valence-electron chi connectivity index (χ2n) is 9.47. The van der Waals surface area contributed by atoms with Crippen LogP contribution in [0.4, 0.5) is 0 Å². The fraction of sp³-hybridized carbons (Fsp3) is 0.333. The minimum Gasteiger partial charge on any atom is -0.454 e. The number of hydrogen-bond acceptors (Lipinski definition) is 7. The Balaban J connectivity index is 1.37. The predicted octanol–water partition coefficient (Wildman–Crippen LogP) is 5.57. The average molecular weight is 507 g/mol. The summed E-state index contributed by atoms with van der Waals surface area (Å²) in [5.74, 6) is 2.22. The third-order valence-corrected chi connectivity index (χ3v) is 8.57. The number of benzene rings is 2. The lowest BCUT2D eigenvalue weighted by molar-refractivity contribution is -0.0379. The maximum Gasteiger partial charge on any atom is 0.263 e. The maximum absolute atomic E-state index is 13.9. The Bertz CT molecular complexity index is 1460. The summed E-state index contributed by atoms with van der Waals surface area (Å²) >= 11 is 3.18. The van der Waals surface area contributed by atoms with Crippen LogP contribution in [0.25, 0.3) is 10.2 Å². The molecule has 4 heterocycles. The quantitative estimate of drug-likeness (QED) is 0.252. The van der Waals surface area contributed by atoms with Crippen molar-refractivity contribution in [3.8, 4) is 11.5 Å². The molecule has 0 bridgehead atoms. The van der Waals surface area contributed by atoms with E-state index in [1.807, 2.05) is 41.0 Å². The van der Waals surface area contributed by atoms with Gasteiger partial charge in [0, 0.05) is 23.6 Å². The first-order chi connectivity index (χ1) is 17.0. The Morgan fingerprint density at radius 3 is 2.77 bits per heavy atom. The molecule has 0 aliphatic carbocycles. The molecule has 2 aromatic heterocycles. The van der Waals surface area contributed by atoms with E-state index in [9.17, 15) is 4.79 Å². The minimum absolute atomic E-state index is 0.0503. The molecule has 2 aliphatic heterocycles. The zero-order valence-electron chi connectivity index (χ0n) is 19.7. The van der Waals surface area contributed by atoms with Crippen LogP contribution in [0.2, 0.25) is 0 Å². The lowest BCUT2D eigenvalue weighted by Gasteiger charge is -2.29. The van der Waals surface area contributed by atoms with Crippen LogP contribution in [0.5, 0.6) is 11.5 Å². The molecule has 0 amide bonds. The molecule has 35 heavy (non-hydrogen) atoms. The van der Waals surface area contributed by atoms with Gasteiger partial charge in [-0.2, -0.15) is 0 Å². The van der Waals surface area contributed by atoms with Gasteiger partial charge in [0.25, 0.3) is 5.56 Å². The standard InChI is InChI=1S/C27H26N2O4S2/c1-27(2)13-19-22(14-33-27)35-24-23(19)25(30)29(11-10-17-6-4-3-5-7-17)26(28-24)34-15-18-8-9-20-21(12-18)32-16-31-20/h3-9,12H,10-11,13-16H2,1-2H3. The van der Waals surface area contributed by atoms with Gasteiger partial charge in [-0.25, -0.2) is 4.98 Å². The molecule has 8 heteroatoms. The summed E-state index contributed by atoms with van der Waals surface area (Å²) in [4.78, 5) is 20.9. The number of ether oxygens (including phenoxy) is 3. The van der Waals surface area contributed by atoms with E-state index in [0.717, 1.165) is 55.7 Å². The van der Waals surface area contributed by atoms with E-state index in [2.05, 4.69) is 26.0 Å². The van der Waals surface area contributed by atoms with Gasteiger partial charge in [0.2, 0.25) is 6.79 Å². The number of hydrogen-bond donors (Lipinski definition) is 0. The number of rotatable bonds is 6. The zero-order valence-corrected chi connectivity index (χ0v) is 21.3. The minimum atomic E-state index is -0.283. The summed E-state index contributed by atoms with van der Waals surface area (Å²) in [5, 5.41) is 1.51. The second-order valence-corrected chi connectivity index (χ2v) is 11.5. The van der Waals surface area contributed by atoms with Gasteiger partial charge in [0.15, 0.2) is 16.7 Å². The van der Waals surface area contributed by atoms with Crippen LogP contribution in [0.3, 0.4) is 0 Å². The number of thiophene rings is 1. The third kappa shape index (κ3) is 4.46. The maximum atomic E-state index is 13.9. The van der Waals surface area contributed by atoms with Crippen LogP contribution in [0, 0.1) is 0 Å². The Kier molecular flexibility index (Phi) is 5.82. The van der Waals surface area contributed by atoms with Crippen LogP contribution in [-0.2, 0) is 36.5 Å². The van der Waals surface area contributed by atoms with Gasteiger partial charge in [0.1, 0.15) is 4.83 Å². The second kappa shape index (κ2) is 9.00. The van der Waals surface area contributed by atoms with Crippen molar-refractivity contribution in [2.24, 2.45) is 0 Å². The SMILES string of the molecule is CC1(C)Cc2c(sc3nc(SCc4ccc5c(c4)OCO5)n(CCc4ccccc4)c(=O)c23)CO1. The van der Waals surface area contributed by atoms with Gasteiger partial charge in [-0.15, -0.1) is 11.3 Å². The molecule has 0 radical (unpaired) electrons. The molecule has 0 N–H and O–H groups in total. The van der Waals surface area contributed by atoms with E-state index in [0.29, 0.717) is 18.9 Å². The molecule has 0 unspecified atom stereocenters. The highest BCUT2D eigenvalue weighted by atomic mass is 32.2. The number of fused-ring (bicyclic) bond motifs is 4. The summed E-state index contributed by atoms with van der Waals surface area (Å²) in [6, 6.07) is 16.3. The molecule has 0 atom stereocenters. The molecule has 0 saturated carbocycles. The average Bonchev–Trinajstić information content (AvgIpc) is 3.46. The van der Waals surface area contributed by atoms with E-state index in [1.165, 1.54) is 5.56 Å². The topological polar surface area (TPSA) is 62.6 Å². The monoisotopic (exact) mass is 506 g/mol. The van der Waals surface area contributed by atoms with Crippen LogP contribution < -0.4 is 15.0 Å². The summed E-state index contributed by atoms with van der Waals surface area (Å²) in [5.41, 5.74) is 3.18. The molecular weight excluding hydrogens is 480 g/mol.